The Kier molecular flexibility index (Phi) is 6.09. The number of hydrogen-bond acceptors (Lipinski definition) is 7. The summed E-state index contributed by atoms with van der Waals surface area (Å²) in [5, 5.41) is 15.8. The van der Waals surface area contributed by atoms with E-state index >= 15 is 0 Å². The van der Waals surface area contributed by atoms with Crippen LogP contribution in [0.25, 0.3) is 21.8 Å². The monoisotopic (exact) mass is 529 g/mol. The molecule has 1 amide bonds. The van der Waals surface area contributed by atoms with Crippen LogP contribution < -0.4 is 10.9 Å². The third-order valence-electron chi connectivity index (χ3n) is 6.02. The zero-order valence-corrected chi connectivity index (χ0v) is 20.6. The maximum absolute atomic E-state index is 13.3. The number of hydrogen-bond donors (Lipinski definition) is 1. The van der Waals surface area contributed by atoms with Crippen LogP contribution in [0.2, 0.25) is 0 Å². The summed E-state index contributed by atoms with van der Waals surface area (Å²) in [5.74, 6) is -0.713. The number of amides is 1. The predicted molar refractivity (Wildman–Crippen MR) is 142 cm³/mol. The molecule has 0 aliphatic carbocycles. The summed E-state index contributed by atoms with van der Waals surface area (Å²) in [6.07, 6.45) is 4.05. The van der Waals surface area contributed by atoms with Gasteiger partial charge in [-0.1, -0.05) is 30.3 Å². The van der Waals surface area contributed by atoms with Gasteiger partial charge < -0.3 is 4.57 Å². The molecule has 38 heavy (non-hydrogen) atoms. The van der Waals surface area contributed by atoms with Gasteiger partial charge in [0.2, 0.25) is 5.43 Å². The third kappa shape index (κ3) is 4.22. The van der Waals surface area contributed by atoms with Crippen molar-refractivity contribution in [1.29, 1.82) is 0 Å². The molecule has 1 N–H and O–H groups in total. The zero-order chi connectivity index (χ0) is 27.0. The van der Waals surface area contributed by atoms with Gasteiger partial charge in [-0.05, 0) is 30.3 Å². The van der Waals surface area contributed by atoms with E-state index in [0.29, 0.717) is 27.4 Å². The second-order valence-electron chi connectivity index (χ2n) is 8.35. The van der Waals surface area contributed by atoms with Gasteiger partial charge in [-0.2, -0.15) is 5.10 Å². The summed E-state index contributed by atoms with van der Waals surface area (Å²) in [4.78, 5) is 35.7. The standard InChI is InChI=1S/C26H19N5O6S/c1-29-16-22(25(32)21-7-3-4-8-23(21)29)26(33)28-27-14-17-15-30(24-9-5-2-6-20(17)24)38(36,37)19-12-10-18(11-13-19)31(34)35/h2-16H,1H3,(H,28,33). The SMILES string of the molecule is Cn1cc(C(=O)NN=Cc2cn(S(=O)(=O)c3ccc([N+](=O)[O-])cc3)c3ccccc23)c(=O)c2ccccc21. The van der Waals surface area contributed by atoms with Crippen LogP contribution in [0.4, 0.5) is 5.69 Å². The van der Waals surface area contributed by atoms with Crippen molar-refractivity contribution in [2.75, 3.05) is 0 Å². The average molecular weight is 530 g/mol. The van der Waals surface area contributed by atoms with Crippen molar-refractivity contribution in [3.63, 3.8) is 0 Å². The van der Waals surface area contributed by atoms with E-state index in [-0.39, 0.29) is 16.1 Å². The van der Waals surface area contributed by atoms with Crippen LogP contribution in [-0.4, -0.2) is 34.0 Å². The van der Waals surface area contributed by atoms with Gasteiger partial charge in [0.05, 0.1) is 27.1 Å². The summed E-state index contributed by atoms with van der Waals surface area (Å²) in [5.41, 5.74) is 3.00. The molecule has 3 aromatic carbocycles. The first-order chi connectivity index (χ1) is 18.2. The molecule has 0 bridgehead atoms. The lowest BCUT2D eigenvalue weighted by atomic mass is 10.1. The van der Waals surface area contributed by atoms with E-state index < -0.39 is 26.3 Å². The second kappa shape index (κ2) is 9.41. The van der Waals surface area contributed by atoms with Crippen LogP contribution in [0.3, 0.4) is 0 Å². The number of nitro groups is 1. The number of hydrazone groups is 1. The number of pyridine rings is 1. The molecule has 11 nitrogen and oxygen atoms in total. The molecule has 0 saturated carbocycles. The van der Waals surface area contributed by atoms with Gasteiger partial charge in [0.25, 0.3) is 21.6 Å². The third-order valence-corrected chi connectivity index (χ3v) is 7.71. The Morgan fingerprint density at radius 2 is 1.58 bits per heavy atom. The molecular formula is C26H19N5O6S. The van der Waals surface area contributed by atoms with Crippen molar-refractivity contribution < 1.29 is 18.1 Å². The first kappa shape index (κ1) is 24.6. The van der Waals surface area contributed by atoms with Crippen LogP contribution in [0.15, 0.2) is 100.0 Å². The minimum atomic E-state index is -4.10. The van der Waals surface area contributed by atoms with Gasteiger partial charge in [0.1, 0.15) is 5.56 Å². The molecule has 0 saturated heterocycles. The number of rotatable bonds is 6. The Bertz CT molecular complexity index is 1940. The summed E-state index contributed by atoms with van der Waals surface area (Å²) in [7, 11) is -2.38. The van der Waals surface area contributed by atoms with Gasteiger partial charge >= 0.3 is 0 Å². The molecule has 5 aromatic rings. The van der Waals surface area contributed by atoms with Crippen LogP contribution >= 0.6 is 0 Å². The molecule has 2 aromatic heterocycles. The minimum absolute atomic E-state index is 0.0912. The lowest BCUT2D eigenvalue weighted by molar-refractivity contribution is -0.384. The molecule has 0 atom stereocenters. The maximum Gasteiger partial charge on any atom is 0.276 e. The van der Waals surface area contributed by atoms with Crippen LogP contribution in [0.5, 0.6) is 0 Å². The Morgan fingerprint density at radius 1 is 0.947 bits per heavy atom. The first-order valence-electron chi connectivity index (χ1n) is 11.2. The lowest BCUT2D eigenvalue weighted by Crippen LogP contribution is -2.26. The highest BCUT2D eigenvalue weighted by atomic mass is 32.2. The van der Waals surface area contributed by atoms with Gasteiger partial charge in [0, 0.05) is 47.9 Å². The lowest BCUT2D eigenvalue weighted by Gasteiger charge is -2.07. The molecule has 0 aliphatic rings. The van der Waals surface area contributed by atoms with Crippen molar-refractivity contribution in [2.45, 2.75) is 4.90 Å². The van der Waals surface area contributed by atoms with E-state index in [0.717, 1.165) is 16.1 Å². The van der Waals surface area contributed by atoms with Crippen molar-refractivity contribution >= 4 is 49.6 Å². The number of benzene rings is 3. The molecular weight excluding hydrogens is 510 g/mol. The van der Waals surface area contributed by atoms with E-state index in [9.17, 15) is 28.1 Å². The molecule has 2 heterocycles. The van der Waals surface area contributed by atoms with Crippen molar-refractivity contribution in [3.05, 3.63) is 117 Å². The smallest absolute Gasteiger partial charge is 0.276 e. The highest BCUT2D eigenvalue weighted by molar-refractivity contribution is 7.90. The highest BCUT2D eigenvalue weighted by Crippen LogP contribution is 2.26. The fraction of sp³-hybridized carbons (Fsp3) is 0.0385. The van der Waals surface area contributed by atoms with E-state index in [1.165, 1.54) is 30.7 Å². The second-order valence-corrected chi connectivity index (χ2v) is 10.2. The molecule has 12 heteroatoms. The van der Waals surface area contributed by atoms with E-state index in [1.807, 2.05) is 0 Å². The van der Waals surface area contributed by atoms with Crippen molar-refractivity contribution in [2.24, 2.45) is 12.1 Å². The fourth-order valence-electron chi connectivity index (χ4n) is 4.15. The quantitative estimate of drug-likeness (QED) is 0.203. The Hall–Kier alpha value is -5.10. The van der Waals surface area contributed by atoms with Gasteiger partial charge in [-0.3, -0.25) is 19.7 Å². The summed E-state index contributed by atoms with van der Waals surface area (Å²) in [6.45, 7) is 0. The predicted octanol–water partition coefficient (Wildman–Crippen LogP) is 3.40. The van der Waals surface area contributed by atoms with E-state index in [4.69, 9.17) is 0 Å². The average Bonchev–Trinajstić information content (AvgIpc) is 3.30. The van der Waals surface area contributed by atoms with Crippen LogP contribution in [0.1, 0.15) is 15.9 Å². The van der Waals surface area contributed by atoms with E-state index in [2.05, 4.69) is 10.5 Å². The molecule has 0 spiro atoms. The molecule has 190 valence electrons. The zero-order valence-electron chi connectivity index (χ0n) is 19.8. The molecule has 0 fully saturated rings. The van der Waals surface area contributed by atoms with Crippen molar-refractivity contribution in [1.82, 2.24) is 14.0 Å². The number of carbonyl (C=O) groups is 1. The largest absolute Gasteiger partial charge is 0.350 e. The summed E-state index contributed by atoms with van der Waals surface area (Å²) < 4.78 is 29.4. The van der Waals surface area contributed by atoms with Gasteiger partial charge in [-0.25, -0.2) is 17.8 Å². The number of para-hydroxylation sites is 2. The number of nitrogens with one attached hydrogen (secondary N) is 1. The van der Waals surface area contributed by atoms with Crippen LogP contribution in [-0.2, 0) is 17.1 Å². The number of carbonyl (C=O) groups excluding carboxylic acids is 1. The molecule has 0 unspecified atom stereocenters. The van der Waals surface area contributed by atoms with Crippen LogP contribution in [0, 0.1) is 10.1 Å². The van der Waals surface area contributed by atoms with E-state index in [1.54, 1.807) is 60.1 Å². The normalized spacial score (nSPS) is 11.8. The number of fused-ring (bicyclic) bond motifs is 2. The minimum Gasteiger partial charge on any atom is -0.350 e. The number of nitro benzene ring substituents is 1. The molecule has 0 radical (unpaired) electrons. The van der Waals surface area contributed by atoms with Crippen molar-refractivity contribution in [3.8, 4) is 0 Å². The Morgan fingerprint density at radius 3 is 2.26 bits per heavy atom. The molecule has 0 aliphatic heterocycles. The van der Waals surface area contributed by atoms with Gasteiger partial charge in [0.15, 0.2) is 0 Å². The van der Waals surface area contributed by atoms with Gasteiger partial charge in [-0.15, -0.1) is 0 Å². The number of non-ortho nitro benzene ring substituents is 1. The first-order valence-corrected chi connectivity index (χ1v) is 12.6. The Balaban J connectivity index is 1.47. The Labute approximate surface area is 215 Å². The number of aryl methyl sites for hydroxylation is 1. The summed E-state index contributed by atoms with van der Waals surface area (Å²) in [6, 6.07) is 18.2. The topological polar surface area (TPSA) is 146 Å². The number of aromatic nitrogens is 2. The number of nitrogens with zero attached hydrogens (tertiary/aromatic N) is 4. The fourth-order valence-corrected chi connectivity index (χ4v) is 5.53. The highest BCUT2D eigenvalue weighted by Gasteiger charge is 2.22. The molecule has 5 rings (SSSR count). The summed E-state index contributed by atoms with van der Waals surface area (Å²) >= 11 is 0. The maximum atomic E-state index is 13.3.